The maximum atomic E-state index is 12.2. The number of nitrogens with zero attached hydrogens (tertiary/aromatic N) is 1. The maximum Gasteiger partial charge on any atom is 0.277 e. The standard InChI is InChI=1S/C14H15N3O4S/c1-22(19,20)17-11-5-3-2-4-10(11)15-14(18)12-8-13(21-16-12)9-6-7-9/h2-5,8-9,17H,6-7H2,1H3,(H,15,18). The molecule has 0 bridgehead atoms. The van der Waals surface area contributed by atoms with E-state index in [2.05, 4.69) is 15.2 Å². The average molecular weight is 321 g/mol. The zero-order valence-corrected chi connectivity index (χ0v) is 12.7. The van der Waals surface area contributed by atoms with Crippen molar-refractivity contribution in [2.75, 3.05) is 16.3 Å². The van der Waals surface area contributed by atoms with Gasteiger partial charge in [-0.25, -0.2) is 8.42 Å². The van der Waals surface area contributed by atoms with Crippen molar-refractivity contribution < 1.29 is 17.7 Å². The van der Waals surface area contributed by atoms with Gasteiger partial charge in [0.25, 0.3) is 5.91 Å². The number of para-hydroxylation sites is 2. The summed E-state index contributed by atoms with van der Waals surface area (Å²) in [5.74, 6) is 0.638. The van der Waals surface area contributed by atoms with Gasteiger partial charge in [-0.1, -0.05) is 17.3 Å². The molecule has 1 saturated carbocycles. The number of amides is 1. The topological polar surface area (TPSA) is 101 Å². The number of aromatic nitrogens is 1. The van der Waals surface area contributed by atoms with E-state index in [1.807, 2.05) is 0 Å². The molecule has 0 aliphatic heterocycles. The van der Waals surface area contributed by atoms with Crippen LogP contribution in [-0.2, 0) is 10.0 Å². The van der Waals surface area contributed by atoms with E-state index in [1.165, 1.54) is 0 Å². The molecule has 1 fully saturated rings. The Labute approximate surface area is 127 Å². The lowest BCUT2D eigenvalue weighted by Crippen LogP contribution is -2.16. The molecule has 1 heterocycles. The first-order valence-electron chi connectivity index (χ1n) is 6.77. The summed E-state index contributed by atoms with van der Waals surface area (Å²) in [4.78, 5) is 12.2. The first-order chi connectivity index (χ1) is 10.4. The van der Waals surface area contributed by atoms with Crippen molar-refractivity contribution in [2.45, 2.75) is 18.8 Å². The van der Waals surface area contributed by atoms with E-state index in [9.17, 15) is 13.2 Å². The summed E-state index contributed by atoms with van der Waals surface area (Å²) in [7, 11) is -3.43. The second kappa shape index (κ2) is 5.45. The number of carbonyl (C=O) groups excluding carboxylic acids is 1. The third kappa shape index (κ3) is 3.45. The molecule has 0 radical (unpaired) electrons. The van der Waals surface area contributed by atoms with E-state index < -0.39 is 15.9 Å². The van der Waals surface area contributed by atoms with Gasteiger partial charge in [0.05, 0.1) is 17.6 Å². The summed E-state index contributed by atoms with van der Waals surface area (Å²) in [6, 6.07) is 8.16. The maximum absolute atomic E-state index is 12.2. The molecule has 1 amide bonds. The molecule has 116 valence electrons. The number of carbonyl (C=O) groups is 1. The number of rotatable bonds is 5. The van der Waals surface area contributed by atoms with E-state index in [1.54, 1.807) is 30.3 Å². The Morgan fingerprint density at radius 3 is 2.59 bits per heavy atom. The van der Waals surface area contributed by atoms with Crippen molar-refractivity contribution >= 4 is 27.3 Å². The van der Waals surface area contributed by atoms with Crippen molar-refractivity contribution in [3.8, 4) is 0 Å². The molecule has 1 aromatic carbocycles. The largest absolute Gasteiger partial charge is 0.360 e. The van der Waals surface area contributed by atoms with Crippen molar-refractivity contribution in [2.24, 2.45) is 0 Å². The van der Waals surface area contributed by atoms with Gasteiger partial charge in [0.15, 0.2) is 5.69 Å². The second-order valence-electron chi connectivity index (χ2n) is 5.26. The highest BCUT2D eigenvalue weighted by Crippen LogP contribution is 2.40. The van der Waals surface area contributed by atoms with Crippen LogP contribution >= 0.6 is 0 Å². The van der Waals surface area contributed by atoms with Crippen LogP contribution in [0.3, 0.4) is 0 Å². The van der Waals surface area contributed by atoms with E-state index >= 15 is 0 Å². The van der Waals surface area contributed by atoms with Crippen LogP contribution in [0.4, 0.5) is 11.4 Å². The Balaban J connectivity index is 1.78. The minimum absolute atomic E-state index is 0.177. The molecule has 1 aliphatic carbocycles. The smallest absolute Gasteiger partial charge is 0.277 e. The van der Waals surface area contributed by atoms with Gasteiger partial charge in [-0.3, -0.25) is 9.52 Å². The third-order valence-corrected chi connectivity index (χ3v) is 3.80. The van der Waals surface area contributed by atoms with Gasteiger partial charge < -0.3 is 9.84 Å². The fourth-order valence-electron chi connectivity index (χ4n) is 2.02. The Morgan fingerprint density at radius 1 is 1.27 bits per heavy atom. The quantitative estimate of drug-likeness (QED) is 0.879. The normalized spacial score (nSPS) is 14.6. The van der Waals surface area contributed by atoms with Gasteiger partial charge in [-0.05, 0) is 25.0 Å². The minimum atomic E-state index is -3.43. The number of hydrogen-bond acceptors (Lipinski definition) is 5. The van der Waals surface area contributed by atoms with Gasteiger partial charge in [0.1, 0.15) is 5.76 Å². The lowest BCUT2D eigenvalue weighted by Gasteiger charge is -2.10. The Morgan fingerprint density at radius 2 is 1.95 bits per heavy atom. The number of anilines is 2. The fourth-order valence-corrected chi connectivity index (χ4v) is 2.60. The molecule has 1 aliphatic rings. The van der Waals surface area contributed by atoms with E-state index in [4.69, 9.17) is 4.52 Å². The van der Waals surface area contributed by atoms with Crippen LogP contribution in [-0.4, -0.2) is 25.7 Å². The molecule has 2 aromatic rings. The highest BCUT2D eigenvalue weighted by atomic mass is 32.2. The van der Waals surface area contributed by atoms with Crippen LogP contribution in [0.1, 0.15) is 35.0 Å². The fraction of sp³-hybridized carbons (Fsp3) is 0.286. The van der Waals surface area contributed by atoms with E-state index in [-0.39, 0.29) is 5.69 Å². The molecular formula is C14H15N3O4S. The van der Waals surface area contributed by atoms with Crippen molar-refractivity contribution in [1.82, 2.24) is 5.16 Å². The lowest BCUT2D eigenvalue weighted by atomic mass is 10.2. The highest BCUT2D eigenvalue weighted by Gasteiger charge is 2.29. The van der Waals surface area contributed by atoms with Crippen molar-refractivity contribution in [3.05, 3.63) is 41.8 Å². The van der Waals surface area contributed by atoms with Gasteiger partial charge in [0.2, 0.25) is 10.0 Å². The summed E-state index contributed by atoms with van der Waals surface area (Å²) in [5, 5.41) is 6.39. The summed E-state index contributed by atoms with van der Waals surface area (Å²) < 4.78 is 30.2. The first-order valence-corrected chi connectivity index (χ1v) is 8.66. The Bertz CT molecular complexity index is 809. The molecule has 2 N–H and O–H groups in total. The van der Waals surface area contributed by atoms with E-state index in [0.717, 1.165) is 19.1 Å². The number of hydrogen-bond donors (Lipinski definition) is 2. The Hall–Kier alpha value is -2.35. The molecule has 0 spiro atoms. The predicted octanol–water partition coefficient (Wildman–Crippen LogP) is 2.18. The molecule has 8 heteroatoms. The SMILES string of the molecule is CS(=O)(=O)Nc1ccccc1NC(=O)c1cc(C2CC2)on1. The van der Waals surface area contributed by atoms with Crippen LogP contribution in [0.2, 0.25) is 0 Å². The van der Waals surface area contributed by atoms with Crippen LogP contribution in [0.5, 0.6) is 0 Å². The monoisotopic (exact) mass is 321 g/mol. The van der Waals surface area contributed by atoms with Gasteiger partial charge in [0, 0.05) is 12.0 Å². The van der Waals surface area contributed by atoms with Gasteiger partial charge >= 0.3 is 0 Å². The number of nitrogens with one attached hydrogen (secondary N) is 2. The molecule has 22 heavy (non-hydrogen) atoms. The zero-order valence-electron chi connectivity index (χ0n) is 11.9. The minimum Gasteiger partial charge on any atom is -0.360 e. The van der Waals surface area contributed by atoms with Gasteiger partial charge in [-0.15, -0.1) is 0 Å². The summed E-state index contributed by atoms with van der Waals surface area (Å²) in [6.07, 6.45) is 3.15. The van der Waals surface area contributed by atoms with Crippen molar-refractivity contribution in [3.63, 3.8) is 0 Å². The summed E-state index contributed by atoms with van der Waals surface area (Å²) in [6.45, 7) is 0. The average Bonchev–Trinajstić information content (AvgIpc) is 3.17. The van der Waals surface area contributed by atoms with E-state index in [0.29, 0.717) is 23.1 Å². The van der Waals surface area contributed by atoms with Crippen LogP contribution in [0.15, 0.2) is 34.9 Å². The molecule has 0 unspecified atom stereocenters. The number of benzene rings is 1. The summed E-state index contributed by atoms with van der Waals surface area (Å²) in [5.41, 5.74) is 0.828. The molecule has 0 saturated heterocycles. The third-order valence-electron chi connectivity index (χ3n) is 3.21. The number of sulfonamides is 1. The van der Waals surface area contributed by atoms with Crippen LogP contribution in [0, 0.1) is 0 Å². The van der Waals surface area contributed by atoms with Crippen molar-refractivity contribution in [1.29, 1.82) is 0 Å². The molecule has 0 atom stereocenters. The first kappa shape index (κ1) is 14.6. The highest BCUT2D eigenvalue weighted by molar-refractivity contribution is 7.92. The lowest BCUT2D eigenvalue weighted by molar-refractivity contribution is 0.101. The molecule has 7 nitrogen and oxygen atoms in total. The molecule has 1 aromatic heterocycles. The van der Waals surface area contributed by atoms with Crippen LogP contribution < -0.4 is 10.0 Å². The zero-order chi connectivity index (χ0) is 15.7. The van der Waals surface area contributed by atoms with Crippen LogP contribution in [0.25, 0.3) is 0 Å². The molecular weight excluding hydrogens is 306 g/mol. The second-order valence-corrected chi connectivity index (χ2v) is 7.01. The molecule has 3 rings (SSSR count). The van der Waals surface area contributed by atoms with Gasteiger partial charge in [-0.2, -0.15) is 0 Å². The summed E-state index contributed by atoms with van der Waals surface area (Å²) >= 11 is 0. The Kier molecular flexibility index (Phi) is 3.61. The predicted molar refractivity (Wildman–Crippen MR) is 81.3 cm³/mol.